The molecule has 0 radical (unpaired) electrons. The van der Waals surface area contributed by atoms with E-state index in [2.05, 4.69) is 10.6 Å². The Hall–Kier alpha value is -1.88. The first-order valence-corrected chi connectivity index (χ1v) is 6.38. The maximum absolute atomic E-state index is 11.9. The van der Waals surface area contributed by atoms with Crippen molar-refractivity contribution >= 4 is 23.2 Å². The molecular weight excluding hydrogens is 242 g/mol. The summed E-state index contributed by atoms with van der Waals surface area (Å²) in [7, 11) is 0. The summed E-state index contributed by atoms with van der Waals surface area (Å²) in [4.78, 5) is 22.9. The van der Waals surface area contributed by atoms with E-state index in [-0.39, 0.29) is 11.8 Å². The molecule has 1 aromatic rings. The lowest BCUT2D eigenvalue weighted by atomic mass is 10.1. The molecule has 0 aliphatic heterocycles. The molecule has 104 valence electrons. The van der Waals surface area contributed by atoms with Crippen LogP contribution in [0.1, 0.15) is 32.3 Å². The lowest BCUT2D eigenvalue weighted by molar-refractivity contribution is -0.117. The number of nitrogens with two attached hydrogens (primary N) is 1. The fourth-order valence-corrected chi connectivity index (χ4v) is 1.71. The first kappa shape index (κ1) is 15.2. The number of hydrogen-bond donors (Lipinski definition) is 3. The van der Waals surface area contributed by atoms with Gasteiger partial charge in [0.25, 0.3) is 0 Å². The van der Waals surface area contributed by atoms with Crippen molar-refractivity contribution in [3.8, 4) is 0 Å². The highest BCUT2D eigenvalue weighted by molar-refractivity contribution is 5.96. The summed E-state index contributed by atoms with van der Waals surface area (Å²) in [5.41, 5.74) is 8.00. The zero-order valence-corrected chi connectivity index (χ0v) is 11.6. The van der Waals surface area contributed by atoms with Crippen LogP contribution < -0.4 is 16.4 Å². The molecule has 0 fully saturated rings. The predicted molar refractivity (Wildman–Crippen MR) is 77.0 cm³/mol. The summed E-state index contributed by atoms with van der Waals surface area (Å²) in [6, 6.07) is 4.85. The van der Waals surface area contributed by atoms with Crippen LogP contribution in [0, 0.1) is 6.92 Å². The van der Waals surface area contributed by atoms with E-state index in [1.807, 2.05) is 19.9 Å². The Labute approximate surface area is 113 Å². The number of carbonyl (C=O) groups is 2. The van der Waals surface area contributed by atoms with E-state index in [1.54, 1.807) is 12.1 Å². The second-order valence-corrected chi connectivity index (χ2v) is 4.60. The third-order valence-corrected chi connectivity index (χ3v) is 2.75. The topological polar surface area (TPSA) is 84.2 Å². The largest absolute Gasteiger partial charge is 0.326 e. The molecule has 4 N–H and O–H groups in total. The standard InChI is InChI=1S/C14H21N3O2/c1-4-5-12(15)14(19)17-13-8-11(16-10(3)18)7-6-9(13)2/h6-8,12H,4-5,15H2,1-3H3,(H,16,18)(H,17,19)/t12-/m1/s1. The van der Waals surface area contributed by atoms with Crippen molar-refractivity contribution in [2.45, 2.75) is 39.7 Å². The van der Waals surface area contributed by atoms with Crippen LogP contribution in [0.2, 0.25) is 0 Å². The minimum Gasteiger partial charge on any atom is -0.326 e. The molecule has 0 saturated heterocycles. The average Bonchev–Trinajstić information content (AvgIpc) is 2.33. The van der Waals surface area contributed by atoms with Crippen LogP contribution in [0.4, 0.5) is 11.4 Å². The maximum atomic E-state index is 11.9. The predicted octanol–water partition coefficient (Wildman–Crippen LogP) is 2.02. The van der Waals surface area contributed by atoms with Gasteiger partial charge < -0.3 is 16.4 Å². The Kier molecular flexibility index (Phi) is 5.51. The van der Waals surface area contributed by atoms with Crippen molar-refractivity contribution in [1.29, 1.82) is 0 Å². The second kappa shape index (κ2) is 6.89. The van der Waals surface area contributed by atoms with Gasteiger partial charge in [-0.1, -0.05) is 19.4 Å². The molecule has 0 aliphatic rings. The average molecular weight is 263 g/mol. The Bertz CT molecular complexity index is 472. The van der Waals surface area contributed by atoms with Gasteiger partial charge >= 0.3 is 0 Å². The molecule has 0 bridgehead atoms. The third kappa shape index (κ3) is 4.71. The summed E-state index contributed by atoms with van der Waals surface area (Å²) in [5.74, 6) is -0.353. The summed E-state index contributed by atoms with van der Waals surface area (Å²) in [5, 5.41) is 5.47. The second-order valence-electron chi connectivity index (χ2n) is 4.60. The molecule has 5 nitrogen and oxygen atoms in total. The molecule has 19 heavy (non-hydrogen) atoms. The van der Waals surface area contributed by atoms with Crippen molar-refractivity contribution < 1.29 is 9.59 Å². The summed E-state index contributed by atoms with van der Waals surface area (Å²) >= 11 is 0. The van der Waals surface area contributed by atoms with Crippen LogP contribution in [0.15, 0.2) is 18.2 Å². The van der Waals surface area contributed by atoms with Crippen LogP contribution in [0.3, 0.4) is 0 Å². The summed E-state index contributed by atoms with van der Waals surface area (Å²) in [6.07, 6.45) is 1.51. The van der Waals surface area contributed by atoms with E-state index >= 15 is 0 Å². The molecule has 2 amide bonds. The summed E-state index contributed by atoms with van der Waals surface area (Å²) < 4.78 is 0. The highest BCUT2D eigenvalue weighted by Crippen LogP contribution is 2.20. The SMILES string of the molecule is CCC[C@@H](N)C(=O)Nc1cc(NC(C)=O)ccc1C. The van der Waals surface area contributed by atoms with E-state index in [9.17, 15) is 9.59 Å². The number of hydrogen-bond acceptors (Lipinski definition) is 3. The Morgan fingerprint density at radius 3 is 2.58 bits per heavy atom. The van der Waals surface area contributed by atoms with Gasteiger partial charge in [0.05, 0.1) is 6.04 Å². The van der Waals surface area contributed by atoms with Gasteiger partial charge in [0, 0.05) is 18.3 Å². The zero-order valence-electron chi connectivity index (χ0n) is 11.6. The van der Waals surface area contributed by atoms with Gasteiger partial charge in [-0.25, -0.2) is 0 Å². The lowest BCUT2D eigenvalue weighted by Gasteiger charge is -2.14. The fourth-order valence-electron chi connectivity index (χ4n) is 1.71. The fraction of sp³-hybridized carbons (Fsp3) is 0.429. The first-order valence-electron chi connectivity index (χ1n) is 6.38. The van der Waals surface area contributed by atoms with Crippen molar-refractivity contribution in [2.75, 3.05) is 10.6 Å². The number of rotatable bonds is 5. The number of aryl methyl sites for hydroxylation is 1. The Morgan fingerprint density at radius 1 is 1.32 bits per heavy atom. The number of benzene rings is 1. The van der Waals surface area contributed by atoms with E-state index in [1.165, 1.54) is 6.92 Å². The number of nitrogens with one attached hydrogen (secondary N) is 2. The third-order valence-electron chi connectivity index (χ3n) is 2.75. The molecule has 0 aliphatic carbocycles. The minimum atomic E-state index is -0.506. The summed E-state index contributed by atoms with van der Waals surface area (Å²) in [6.45, 7) is 5.31. The van der Waals surface area contributed by atoms with Crippen molar-refractivity contribution in [3.63, 3.8) is 0 Å². The van der Waals surface area contributed by atoms with E-state index < -0.39 is 6.04 Å². The normalized spacial score (nSPS) is 11.8. The van der Waals surface area contributed by atoms with Gasteiger partial charge in [0.1, 0.15) is 0 Å². The molecule has 5 heteroatoms. The molecular formula is C14H21N3O2. The van der Waals surface area contributed by atoms with Crippen LogP contribution in [0.25, 0.3) is 0 Å². The molecule has 0 heterocycles. The van der Waals surface area contributed by atoms with E-state index in [0.29, 0.717) is 17.8 Å². The van der Waals surface area contributed by atoms with Gasteiger partial charge in [-0.15, -0.1) is 0 Å². The number of anilines is 2. The van der Waals surface area contributed by atoms with Crippen LogP contribution in [0.5, 0.6) is 0 Å². The van der Waals surface area contributed by atoms with Crippen LogP contribution >= 0.6 is 0 Å². The van der Waals surface area contributed by atoms with Crippen LogP contribution in [-0.2, 0) is 9.59 Å². The molecule has 0 saturated carbocycles. The van der Waals surface area contributed by atoms with E-state index in [0.717, 1.165) is 12.0 Å². The quantitative estimate of drug-likeness (QED) is 0.759. The maximum Gasteiger partial charge on any atom is 0.241 e. The van der Waals surface area contributed by atoms with Gasteiger partial charge in [-0.3, -0.25) is 9.59 Å². The molecule has 1 aromatic carbocycles. The lowest BCUT2D eigenvalue weighted by Crippen LogP contribution is -2.35. The van der Waals surface area contributed by atoms with Crippen molar-refractivity contribution in [2.24, 2.45) is 5.73 Å². The molecule has 0 spiro atoms. The molecule has 0 aromatic heterocycles. The Morgan fingerprint density at radius 2 is 2.00 bits per heavy atom. The van der Waals surface area contributed by atoms with Crippen molar-refractivity contribution in [3.05, 3.63) is 23.8 Å². The highest BCUT2D eigenvalue weighted by Gasteiger charge is 2.13. The monoisotopic (exact) mass is 263 g/mol. The van der Waals surface area contributed by atoms with Gasteiger partial charge in [-0.2, -0.15) is 0 Å². The number of carbonyl (C=O) groups excluding carboxylic acids is 2. The van der Waals surface area contributed by atoms with Crippen LogP contribution in [-0.4, -0.2) is 17.9 Å². The molecule has 1 atom stereocenters. The van der Waals surface area contributed by atoms with Gasteiger partial charge in [0.15, 0.2) is 0 Å². The zero-order chi connectivity index (χ0) is 14.4. The first-order chi connectivity index (χ1) is 8.93. The highest BCUT2D eigenvalue weighted by atomic mass is 16.2. The minimum absolute atomic E-state index is 0.149. The Balaban J connectivity index is 2.82. The molecule has 0 unspecified atom stereocenters. The van der Waals surface area contributed by atoms with Crippen molar-refractivity contribution in [1.82, 2.24) is 0 Å². The number of amides is 2. The molecule has 1 rings (SSSR count). The van der Waals surface area contributed by atoms with Gasteiger partial charge in [-0.05, 0) is 31.0 Å². The smallest absolute Gasteiger partial charge is 0.241 e. The van der Waals surface area contributed by atoms with E-state index in [4.69, 9.17) is 5.73 Å². The van der Waals surface area contributed by atoms with Gasteiger partial charge in [0.2, 0.25) is 11.8 Å².